The van der Waals surface area contributed by atoms with Gasteiger partial charge in [0.2, 0.25) is 5.91 Å². The van der Waals surface area contributed by atoms with E-state index in [2.05, 4.69) is 10.4 Å². The lowest BCUT2D eigenvalue weighted by molar-refractivity contribution is -0.144. The van der Waals surface area contributed by atoms with Crippen LogP contribution < -0.4 is 15.0 Å². The topological polar surface area (TPSA) is 76.5 Å². The predicted molar refractivity (Wildman–Crippen MR) is 136 cm³/mol. The Labute approximate surface area is 216 Å². The van der Waals surface area contributed by atoms with Crippen molar-refractivity contribution in [2.24, 2.45) is 5.92 Å². The molecule has 7 nitrogen and oxygen atoms in total. The van der Waals surface area contributed by atoms with Crippen molar-refractivity contribution in [1.82, 2.24) is 15.1 Å². The molecule has 3 atom stereocenters. The summed E-state index contributed by atoms with van der Waals surface area (Å²) in [5.41, 5.74) is 2.57. The molecule has 1 N–H and O–H groups in total. The fourth-order valence-corrected chi connectivity index (χ4v) is 4.83. The number of fused-ring (bicyclic) bond motifs is 1. The van der Waals surface area contributed by atoms with Gasteiger partial charge in [0.1, 0.15) is 11.6 Å². The Morgan fingerprint density at radius 2 is 1.68 bits per heavy atom. The average molecular weight is 523 g/mol. The SMILES string of the molecule is COc1ccc(C2C(NC(=O)C(C)(F)F)C(C)C(=O)N2c2ccc3c(cnn3-c3ccc(F)cc3)c2)cc1. The largest absolute Gasteiger partial charge is 0.497 e. The van der Waals surface area contributed by atoms with Crippen molar-refractivity contribution in [1.29, 1.82) is 0 Å². The highest BCUT2D eigenvalue weighted by atomic mass is 19.3. The van der Waals surface area contributed by atoms with Gasteiger partial charge < -0.3 is 15.0 Å². The number of alkyl halides is 2. The summed E-state index contributed by atoms with van der Waals surface area (Å²) in [5.74, 6) is -5.91. The van der Waals surface area contributed by atoms with Crippen LogP contribution in [0.3, 0.4) is 0 Å². The van der Waals surface area contributed by atoms with Gasteiger partial charge in [0.05, 0.1) is 42.5 Å². The quantitative estimate of drug-likeness (QED) is 0.385. The van der Waals surface area contributed by atoms with Gasteiger partial charge in [-0.2, -0.15) is 13.9 Å². The van der Waals surface area contributed by atoms with E-state index in [-0.39, 0.29) is 11.7 Å². The van der Waals surface area contributed by atoms with Gasteiger partial charge in [-0.05, 0) is 60.2 Å². The van der Waals surface area contributed by atoms with Crippen LogP contribution in [0.15, 0.2) is 72.9 Å². The number of halogens is 3. The average Bonchev–Trinajstić information content (AvgIpc) is 3.42. The van der Waals surface area contributed by atoms with E-state index >= 15 is 0 Å². The molecule has 0 aliphatic carbocycles. The monoisotopic (exact) mass is 522 g/mol. The minimum Gasteiger partial charge on any atom is -0.497 e. The molecule has 3 aromatic carbocycles. The number of methoxy groups -OCH3 is 1. The summed E-state index contributed by atoms with van der Waals surface area (Å²) in [6, 6.07) is 16.5. The van der Waals surface area contributed by atoms with Crippen LogP contribution in [0, 0.1) is 11.7 Å². The van der Waals surface area contributed by atoms with Crippen molar-refractivity contribution in [2.75, 3.05) is 12.0 Å². The molecule has 0 bridgehead atoms. The number of carbonyl (C=O) groups excluding carboxylic acids is 2. The number of rotatable bonds is 6. The number of anilines is 1. The Kier molecular flexibility index (Phi) is 6.34. The lowest BCUT2D eigenvalue weighted by Crippen LogP contribution is -2.48. The molecule has 0 spiro atoms. The molecule has 0 saturated carbocycles. The van der Waals surface area contributed by atoms with Gasteiger partial charge in [0.25, 0.3) is 5.91 Å². The molecule has 10 heteroatoms. The third kappa shape index (κ3) is 4.46. The third-order valence-electron chi connectivity index (χ3n) is 6.84. The molecule has 1 aliphatic heterocycles. The van der Waals surface area contributed by atoms with Gasteiger partial charge in [0, 0.05) is 18.0 Å². The fourth-order valence-electron chi connectivity index (χ4n) is 4.83. The molecule has 0 radical (unpaired) electrons. The van der Waals surface area contributed by atoms with E-state index in [0.29, 0.717) is 35.0 Å². The maximum atomic E-state index is 13.8. The second-order valence-corrected chi connectivity index (χ2v) is 9.38. The van der Waals surface area contributed by atoms with Gasteiger partial charge in [-0.15, -0.1) is 0 Å². The van der Waals surface area contributed by atoms with Crippen LogP contribution in [-0.2, 0) is 9.59 Å². The summed E-state index contributed by atoms with van der Waals surface area (Å²) in [4.78, 5) is 27.4. The van der Waals surface area contributed by atoms with Crippen LogP contribution in [0.1, 0.15) is 25.5 Å². The molecule has 1 fully saturated rings. The van der Waals surface area contributed by atoms with E-state index in [1.807, 2.05) is 0 Å². The lowest BCUT2D eigenvalue weighted by atomic mass is 9.94. The van der Waals surface area contributed by atoms with Gasteiger partial charge in [-0.25, -0.2) is 9.07 Å². The summed E-state index contributed by atoms with van der Waals surface area (Å²) in [6.07, 6.45) is 1.63. The predicted octanol–water partition coefficient (Wildman–Crippen LogP) is 5.04. The number of carbonyl (C=O) groups is 2. The van der Waals surface area contributed by atoms with Crippen molar-refractivity contribution in [3.8, 4) is 11.4 Å². The van der Waals surface area contributed by atoms with E-state index in [0.717, 1.165) is 5.52 Å². The van der Waals surface area contributed by atoms with Crippen molar-refractivity contribution in [3.63, 3.8) is 0 Å². The molecular weight excluding hydrogens is 497 g/mol. The highest BCUT2D eigenvalue weighted by Crippen LogP contribution is 2.42. The summed E-state index contributed by atoms with van der Waals surface area (Å²) in [5, 5.41) is 7.54. The van der Waals surface area contributed by atoms with E-state index in [1.165, 1.54) is 24.1 Å². The van der Waals surface area contributed by atoms with E-state index in [9.17, 15) is 22.8 Å². The maximum Gasteiger partial charge on any atom is 0.321 e. The van der Waals surface area contributed by atoms with Crippen LogP contribution >= 0.6 is 0 Å². The first kappa shape index (κ1) is 25.3. The zero-order valence-corrected chi connectivity index (χ0v) is 20.9. The maximum absolute atomic E-state index is 13.8. The first-order valence-corrected chi connectivity index (χ1v) is 12.0. The van der Waals surface area contributed by atoms with E-state index < -0.39 is 29.8 Å². The number of ether oxygens (including phenoxy) is 1. The number of hydrogen-bond acceptors (Lipinski definition) is 4. The zero-order valence-electron chi connectivity index (χ0n) is 20.9. The standard InChI is InChI=1S/C28H25F3N4O3/c1-16-24(33-27(37)28(2,30)31)25(17-4-11-22(38-3)12-5-17)34(26(16)36)21-10-13-23-18(14-21)15-32-35(23)20-8-6-19(29)7-9-20/h4-16,24-25H,1-3H3,(H,33,37). The molecule has 38 heavy (non-hydrogen) atoms. The molecule has 196 valence electrons. The van der Waals surface area contributed by atoms with Crippen molar-refractivity contribution in [3.05, 3.63) is 84.3 Å². The van der Waals surface area contributed by atoms with Gasteiger partial charge in [-0.3, -0.25) is 9.59 Å². The lowest BCUT2D eigenvalue weighted by Gasteiger charge is -2.30. The van der Waals surface area contributed by atoms with E-state index in [4.69, 9.17) is 4.74 Å². The Hall–Kier alpha value is -4.34. The Morgan fingerprint density at radius 3 is 2.32 bits per heavy atom. The van der Waals surface area contributed by atoms with Crippen molar-refractivity contribution >= 4 is 28.4 Å². The van der Waals surface area contributed by atoms with Crippen molar-refractivity contribution in [2.45, 2.75) is 31.9 Å². The van der Waals surface area contributed by atoms with Crippen molar-refractivity contribution < 1.29 is 27.5 Å². The molecule has 2 heterocycles. The van der Waals surface area contributed by atoms with Crippen LogP contribution in [0.2, 0.25) is 0 Å². The molecular formula is C28H25F3N4O3. The third-order valence-corrected chi connectivity index (χ3v) is 6.84. The molecule has 2 amide bonds. The van der Waals surface area contributed by atoms with E-state index in [1.54, 1.807) is 72.4 Å². The molecule has 1 aliphatic rings. The molecule has 3 unspecified atom stereocenters. The van der Waals surface area contributed by atoms with Crippen LogP contribution in [0.25, 0.3) is 16.6 Å². The molecule has 1 aromatic heterocycles. The summed E-state index contributed by atoms with van der Waals surface area (Å²) >= 11 is 0. The van der Waals surface area contributed by atoms with Crippen LogP contribution in [-0.4, -0.2) is 40.7 Å². The van der Waals surface area contributed by atoms with Gasteiger partial charge in [0.15, 0.2) is 0 Å². The summed E-state index contributed by atoms with van der Waals surface area (Å²) < 4.78 is 47.9. The number of hydrogen-bond donors (Lipinski definition) is 1. The molecule has 4 aromatic rings. The highest BCUT2D eigenvalue weighted by molar-refractivity contribution is 6.01. The fraction of sp³-hybridized carbons (Fsp3) is 0.250. The minimum absolute atomic E-state index is 0.319. The first-order chi connectivity index (χ1) is 18.1. The van der Waals surface area contributed by atoms with Crippen LogP contribution in [0.4, 0.5) is 18.9 Å². The first-order valence-electron chi connectivity index (χ1n) is 12.0. The number of nitrogens with one attached hydrogen (secondary N) is 1. The number of benzene rings is 3. The number of amides is 2. The zero-order chi connectivity index (χ0) is 27.2. The van der Waals surface area contributed by atoms with Gasteiger partial charge in [-0.1, -0.05) is 19.1 Å². The minimum atomic E-state index is -3.60. The Bertz CT molecular complexity index is 1500. The summed E-state index contributed by atoms with van der Waals surface area (Å²) in [7, 11) is 1.52. The normalized spacial score (nSPS) is 19.7. The molecule has 5 rings (SSSR count). The Balaban J connectivity index is 1.57. The molecule has 1 saturated heterocycles. The second-order valence-electron chi connectivity index (χ2n) is 9.38. The van der Waals surface area contributed by atoms with Gasteiger partial charge >= 0.3 is 5.92 Å². The summed E-state index contributed by atoms with van der Waals surface area (Å²) in [6.45, 7) is 2.14. The van der Waals surface area contributed by atoms with Crippen LogP contribution in [0.5, 0.6) is 5.75 Å². The highest BCUT2D eigenvalue weighted by Gasteiger charge is 2.49. The smallest absolute Gasteiger partial charge is 0.321 e. The Morgan fingerprint density at radius 1 is 1.03 bits per heavy atom. The number of aromatic nitrogens is 2. The second kappa shape index (κ2) is 9.51. The number of nitrogens with zero attached hydrogens (tertiary/aromatic N) is 3.